The SMILES string of the molecule is NC1C2CCCC1CC(C(=O)Nc1ccc(N3CCOCC3)c3ccncc13)C2. The Morgan fingerprint density at radius 2 is 1.86 bits per heavy atom. The number of carbonyl (C=O) groups excluding carboxylic acids is 1. The van der Waals surface area contributed by atoms with Crippen molar-refractivity contribution in [2.45, 2.75) is 38.1 Å². The highest BCUT2D eigenvalue weighted by Crippen LogP contribution is 2.42. The molecule has 0 spiro atoms. The van der Waals surface area contributed by atoms with E-state index in [9.17, 15) is 4.79 Å². The summed E-state index contributed by atoms with van der Waals surface area (Å²) >= 11 is 0. The normalized spacial score (nSPS) is 29.6. The number of nitrogens with one attached hydrogen (secondary N) is 1. The fraction of sp³-hybridized carbons (Fsp3) is 0.565. The van der Waals surface area contributed by atoms with Crippen molar-refractivity contribution < 1.29 is 9.53 Å². The van der Waals surface area contributed by atoms with Crippen molar-refractivity contribution in [3.05, 3.63) is 30.6 Å². The first kappa shape index (κ1) is 18.8. The maximum Gasteiger partial charge on any atom is 0.227 e. The van der Waals surface area contributed by atoms with E-state index in [0.717, 1.165) is 55.6 Å². The number of nitrogens with zero attached hydrogens (tertiary/aromatic N) is 2. The Morgan fingerprint density at radius 3 is 2.62 bits per heavy atom. The molecule has 154 valence electrons. The summed E-state index contributed by atoms with van der Waals surface area (Å²) < 4.78 is 5.50. The number of benzene rings is 1. The van der Waals surface area contributed by atoms with Gasteiger partial charge in [0.15, 0.2) is 0 Å². The molecule has 3 fully saturated rings. The van der Waals surface area contributed by atoms with Crippen LogP contribution >= 0.6 is 0 Å². The van der Waals surface area contributed by atoms with Gasteiger partial charge in [-0.3, -0.25) is 9.78 Å². The number of ether oxygens (including phenoxy) is 1. The lowest BCUT2D eigenvalue weighted by atomic mass is 9.65. The van der Waals surface area contributed by atoms with E-state index in [2.05, 4.69) is 21.3 Å². The number of nitrogens with two attached hydrogens (primary N) is 1. The highest BCUT2D eigenvalue weighted by Gasteiger charge is 2.40. The van der Waals surface area contributed by atoms with Crippen molar-refractivity contribution >= 4 is 28.1 Å². The zero-order valence-electron chi connectivity index (χ0n) is 16.8. The van der Waals surface area contributed by atoms with Crippen molar-refractivity contribution in [2.24, 2.45) is 23.5 Å². The average molecular weight is 395 g/mol. The number of pyridine rings is 1. The zero-order valence-corrected chi connectivity index (χ0v) is 16.8. The number of morpholine rings is 1. The van der Waals surface area contributed by atoms with Crippen molar-refractivity contribution in [3.8, 4) is 0 Å². The van der Waals surface area contributed by atoms with Gasteiger partial charge in [-0.1, -0.05) is 6.42 Å². The topological polar surface area (TPSA) is 80.5 Å². The van der Waals surface area contributed by atoms with Crippen molar-refractivity contribution in [1.29, 1.82) is 0 Å². The van der Waals surface area contributed by atoms with Crippen LogP contribution in [0.15, 0.2) is 30.6 Å². The molecule has 1 amide bonds. The summed E-state index contributed by atoms with van der Waals surface area (Å²) in [5.74, 6) is 1.20. The molecule has 2 bridgehead atoms. The van der Waals surface area contributed by atoms with Crippen LogP contribution in [-0.4, -0.2) is 43.2 Å². The predicted molar refractivity (Wildman–Crippen MR) is 115 cm³/mol. The molecule has 6 nitrogen and oxygen atoms in total. The van der Waals surface area contributed by atoms with E-state index in [1.165, 1.54) is 24.9 Å². The van der Waals surface area contributed by atoms with E-state index in [1.807, 2.05) is 24.5 Å². The van der Waals surface area contributed by atoms with Gasteiger partial charge in [-0.05, 0) is 55.7 Å². The Labute approximate surface area is 171 Å². The maximum absolute atomic E-state index is 13.1. The van der Waals surface area contributed by atoms with Gasteiger partial charge in [-0.15, -0.1) is 0 Å². The monoisotopic (exact) mass is 394 g/mol. The summed E-state index contributed by atoms with van der Waals surface area (Å²) in [6, 6.07) is 6.47. The molecule has 29 heavy (non-hydrogen) atoms. The number of aromatic nitrogens is 1. The Bertz CT molecular complexity index is 882. The van der Waals surface area contributed by atoms with E-state index in [4.69, 9.17) is 10.5 Å². The molecule has 2 aliphatic carbocycles. The smallest absolute Gasteiger partial charge is 0.227 e. The number of hydrogen-bond acceptors (Lipinski definition) is 5. The summed E-state index contributed by atoms with van der Waals surface area (Å²) in [7, 11) is 0. The third-order valence-corrected chi connectivity index (χ3v) is 7.19. The average Bonchev–Trinajstić information content (AvgIpc) is 2.74. The van der Waals surface area contributed by atoms with Crippen LogP contribution in [0.5, 0.6) is 0 Å². The van der Waals surface area contributed by atoms with Gasteiger partial charge in [0.2, 0.25) is 5.91 Å². The van der Waals surface area contributed by atoms with Gasteiger partial charge < -0.3 is 20.7 Å². The molecule has 2 aromatic rings. The second-order valence-corrected chi connectivity index (χ2v) is 8.84. The first-order valence-corrected chi connectivity index (χ1v) is 11.0. The van der Waals surface area contributed by atoms with Crippen LogP contribution in [0.2, 0.25) is 0 Å². The van der Waals surface area contributed by atoms with E-state index < -0.39 is 0 Å². The molecule has 2 unspecified atom stereocenters. The Hall–Kier alpha value is -2.18. The molecule has 1 aromatic carbocycles. The predicted octanol–water partition coefficient (Wildman–Crippen LogP) is 3.16. The lowest BCUT2D eigenvalue weighted by Gasteiger charge is -2.43. The molecule has 2 saturated carbocycles. The number of anilines is 2. The van der Waals surface area contributed by atoms with Crippen LogP contribution in [0.4, 0.5) is 11.4 Å². The lowest BCUT2D eigenvalue weighted by Crippen LogP contribution is -2.48. The number of hydrogen-bond donors (Lipinski definition) is 2. The highest BCUT2D eigenvalue weighted by atomic mass is 16.5. The van der Waals surface area contributed by atoms with Crippen LogP contribution < -0.4 is 16.0 Å². The summed E-state index contributed by atoms with van der Waals surface area (Å²) in [4.78, 5) is 19.8. The van der Waals surface area contributed by atoms with Gasteiger partial charge in [0.05, 0.1) is 18.9 Å². The molecule has 2 atom stereocenters. The largest absolute Gasteiger partial charge is 0.378 e. The third kappa shape index (κ3) is 3.60. The van der Waals surface area contributed by atoms with Gasteiger partial charge >= 0.3 is 0 Å². The minimum absolute atomic E-state index is 0.0655. The van der Waals surface area contributed by atoms with Gasteiger partial charge in [0.1, 0.15) is 0 Å². The third-order valence-electron chi connectivity index (χ3n) is 7.19. The first-order valence-electron chi connectivity index (χ1n) is 11.0. The van der Waals surface area contributed by atoms with Crippen LogP contribution in [0.1, 0.15) is 32.1 Å². The molecule has 1 aliphatic heterocycles. The molecule has 5 rings (SSSR count). The zero-order chi connectivity index (χ0) is 19.8. The summed E-state index contributed by atoms with van der Waals surface area (Å²) in [5.41, 5.74) is 8.45. The molecule has 2 heterocycles. The van der Waals surface area contributed by atoms with E-state index in [-0.39, 0.29) is 17.9 Å². The summed E-state index contributed by atoms with van der Waals surface area (Å²) in [5, 5.41) is 5.35. The minimum atomic E-state index is 0.0655. The van der Waals surface area contributed by atoms with Crippen LogP contribution in [0, 0.1) is 17.8 Å². The van der Waals surface area contributed by atoms with Crippen molar-refractivity contribution in [3.63, 3.8) is 0 Å². The summed E-state index contributed by atoms with van der Waals surface area (Å²) in [6.45, 7) is 3.26. The van der Waals surface area contributed by atoms with Crippen molar-refractivity contribution in [1.82, 2.24) is 4.98 Å². The Kier molecular flexibility index (Phi) is 5.14. The number of carbonyl (C=O) groups is 1. The number of rotatable bonds is 3. The van der Waals surface area contributed by atoms with E-state index >= 15 is 0 Å². The Balaban J connectivity index is 1.39. The lowest BCUT2D eigenvalue weighted by molar-refractivity contribution is -0.122. The van der Waals surface area contributed by atoms with Crippen LogP contribution in [0.3, 0.4) is 0 Å². The first-order chi connectivity index (χ1) is 14.2. The van der Waals surface area contributed by atoms with E-state index in [0.29, 0.717) is 11.8 Å². The van der Waals surface area contributed by atoms with Crippen LogP contribution in [0.25, 0.3) is 10.8 Å². The quantitative estimate of drug-likeness (QED) is 0.836. The van der Waals surface area contributed by atoms with Gasteiger partial charge in [0.25, 0.3) is 0 Å². The second kappa shape index (κ2) is 7.92. The van der Waals surface area contributed by atoms with Crippen molar-refractivity contribution in [2.75, 3.05) is 36.5 Å². The molecule has 6 heteroatoms. The van der Waals surface area contributed by atoms with Gasteiger partial charge in [-0.2, -0.15) is 0 Å². The van der Waals surface area contributed by atoms with E-state index in [1.54, 1.807) is 0 Å². The Morgan fingerprint density at radius 1 is 1.10 bits per heavy atom. The maximum atomic E-state index is 13.1. The summed E-state index contributed by atoms with van der Waals surface area (Å²) in [6.07, 6.45) is 9.13. The molecule has 1 aromatic heterocycles. The molecular weight excluding hydrogens is 364 g/mol. The van der Waals surface area contributed by atoms with Gasteiger partial charge in [-0.25, -0.2) is 0 Å². The van der Waals surface area contributed by atoms with Gasteiger partial charge in [0, 0.05) is 53.9 Å². The molecule has 3 N–H and O–H groups in total. The number of amides is 1. The standard InChI is InChI=1S/C23H30N4O2/c24-22-15-2-1-3-16(22)13-17(12-15)23(28)26-20-4-5-21(27-8-10-29-11-9-27)18-6-7-25-14-19(18)20/h4-7,14-17,22H,1-3,8-13,24H2,(H,26,28). The molecule has 0 radical (unpaired) electrons. The van der Waals surface area contributed by atoms with Crippen LogP contribution in [-0.2, 0) is 9.53 Å². The fourth-order valence-electron chi connectivity index (χ4n) is 5.60. The molecular formula is C23H30N4O2. The number of fused-ring (bicyclic) bond motifs is 3. The minimum Gasteiger partial charge on any atom is -0.378 e. The molecule has 3 aliphatic rings. The fourth-order valence-corrected chi connectivity index (χ4v) is 5.60. The second-order valence-electron chi connectivity index (χ2n) is 8.84. The molecule has 1 saturated heterocycles. The highest BCUT2D eigenvalue weighted by molar-refractivity contribution is 6.06.